The smallest absolute Gasteiger partial charge is 0.264 e. The summed E-state index contributed by atoms with van der Waals surface area (Å²) in [7, 11) is 1.79. The highest BCUT2D eigenvalue weighted by Gasteiger charge is 2.19. The van der Waals surface area contributed by atoms with Gasteiger partial charge >= 0.3 is 0 Å². The predicted octanol–water partition coefficient (Wildman–Crippen LogP) is -0.118. The first kappa shape index (κ1) is 10.5. The van der Waals surface area contributed by atoms with Crippen molar-refractivity contribution in [1.29, 1.82) is 0 Å². The van der Waals surface area contributed by atoms with E-state index >= 15 is 0 Å². The van der Waals surface area contributed by atoms with E-state index in [2.05, 4.69) is 15.4 Å². The third kappa shape index (κ3) is 1.95. The lowest BCUT2D eigenvalue weighted by Crippen LogP contribution is -2.28. The Balaban J connectivity index is 1.83. The third-order valence-corrected chi connectivity index (χ3v) is 3.08. The monoisotopic (exact) mass is 233 g/mol. The van der Waals surface area contributed by atoms with E-state index in [1.165, 1.54) is 12.8 Å². The number of rotatable bonds is 4. The van der Waals surface area contributed by atoms with E-state index in [-0.39, 0.29) is 5.56 Å². The minimum atomic E-state index is -0.0132. The first-order chi connectivity index (χ1) is 8.25. The van der Waals surface area contributed by atoms with Gasteiger partial charge in [-0.1, -0.05) is 0 Å². The zero-order valence-corrected chi connectivity index (χ0v) is 9.76. The van der Waals surface area contributed by atoms with Crippen molar-refractivity contribution in [2.45, 2.75) is 25.4 Å². The molecular formula is C11H15N5O. The summed E-state index contributed by atoms with van der Waals surface area (Å²) in [6.45, 7) is 1.48. The first-order valence-corrected chi connectivity index (χ1v) is 5.86. The van der Waals surface area contributed by atoms with Crippen molar-refractivity contribution in [2.24, 2.45) is 7.05 Å². The van der Waals surface area contributed by atoms with Crippen LogP contribution in [0.25, 0.3) is 11.0 Å². The molecule has 1 saturated carbocycles. The van der Waals surface area contributed by atoms with Crippen molar-refractivity contribution in [1.82, 2.24) is 24.6 Å². The van der Waals surface area contributed by atoms with E-state index in [4.69, 9.17) is 0 Å². The number of fused-ring (bicyclic) bond motifs is 1. The van der Waals surface area contributed by atoms with Gasteiger partial charge in [0.05, 0.1) is 6.20 Å². The average Bonchev–Trinajstić information content (AvgIpc) is 3.06. The lowest BCUT2D eigenvalue weighted by atomic mass is 10.4. The summed E-state index contributed by atoms with van der Waals surface area (Å²) >= 11 is 0. The molecule has 1 fully saturated rings. The van der Waals surface area contributed by atoms with Crippen LogP contribution in [0.2, 0.25) is 0 Å². The molecule has 6 nitrogen and oxygen atoms in total. The van der Waals surface area contributed by atoms with Crippen LogP contribution in [0.5, 0.6) is 0 Å². The molecule has 1 aliphatic rings. The Morgan fingerprint density at radius 3 is 3.12 bits per heavy atom. The van der Waals surface area contributed by atoms with Crippen LogP contribution in [0.15, 0.2) is 17.3 Å². The molecule has 0 amide bonds. The number of nitrogens with zero attached hydrogens (tertiary/aromatic N) is 4. The molecule has 6 heteroatoms. The van der Waals surface area contributed by atoms with Crippen LogP contribution in [0.1, 0.15) is 12.8 Å². The van der Waals surface area contributed by atoms with Gasteiger partial charge in [-0.05, 0) is 12.8 Å². The third-order valence-electron chi connectivity index (χ3n) is 3.08. The summed E-state index contributed by atoms with van der Waals surface area (Å²) in [4.78, 5) is 16.3. The number of nitrogens with one attached hydrogen (secondary N) is 1. The molecule has 2 aromatic heterocycles. The molecule has 3 rings (SSSR count). The van der Waals surface area contributed by atoms with Crippen molar-refractivity contribution in [3.05, 3.63) is 22.9 Å². The van der Waals surface area contributed by atoms with Gasteiger partial charge in [-0.25, -0.2) is 4.98 Å². The number of aromatic nitrogens is 4. The fourth-order valence-corrected chi connectivity index (χ4v) is 1.90. The Morgan fingerprint density at radius 1 is 1.53 bits per heavy atom. The Labute approximate surface area is 98.3 Å². The molecule has 0 unspecified atom stereocenters. The predicted molar refractivity (Wildman–Crippen MR) is 63.8 cm³/mol. The second-order valence-electron chi connectivity index (χ2n) is 4.48. The van der Waals surface area contributed by atoms with E-state index < -0.39 is 0 Å². The highest BCUT2D eigenvalue weighted by atomic mass is 16.1. The van der Waals surface area contributed by atoms with Crippen LogP contribution in [0.3, 0.4) is 0 Å². The second-order valence-corrected chi connectivity index (χ2v) is 4.48. The zero-order valence-electron chi connectivity index (χ0n) is 9.76. The molecule has 1 aliphatic carbocycles. The fraction of sp³-hybridized carbons (Fsp3) is 0.545. The zero-order chi connectivity index (χ0) is 11.8. The molecule has 0 bridgehead atoms. The van der Waals surface area contributed by atoms with Gasteiger partial charge in [0, 0.05) is 26.2 Å². The highest BCUT2D eigenvalue weighted by Crippen LogP contribution is 2.17. The maximum Gasteiger partial charge on any atom is 0.264 e. The Kier molecular flexibility index (Phi) is 2.44. The van der Waals surface area contributed by atoms with Crippen LogP contribution in [-0.4, -0.2) is 31.9 Å². The van der Waals surface area contributed by atoms with Gasteiger partial charge in [-0.2, -0.15) is 5.10 Å². The summed E-state index contributed by atoms with van der Waals surface area (Å²) in [6, 6.07) is 0.667. The summed E-state index contributed by atoms with van der Waals surface area (Å²) in [5.74, 6) is 0. The standard InChI is InChI=1S/C11H15N5O/c1-15-10-9(6-14-15)11(17)16(7-13-10)5-4-12-8-2-3-8/h6-8,12H,2-5H2,1H3. The van der Waals surface area contributed by atoms with Crippen molar-refractivity contribution >= 4 is 11.0 Å². The Bertz CT molecular complexity index is 595. The van der Waals surface area contributed by atoms with Gasteiger partial charge in [-0.15, -0.1) is 0 Å². The number of aryl methyl sites for hydroxylation is 1. The summed E-state index contributed by atoms with van der Waals surface area (Å²) in [5.41, 5.74) is 0.627. The summed E-state index contributed by atoms with van der Waals surface area (Å²) in [6.07, 6.45) is 5.69. The van der Waals surface area contributed by atoms with Crippen molar-refractivity contribution < 1.29 is 0 Å². The lowest BCUT2D eigenvalue weighted by molar-refractivity contribution is 0.579. The van der Waals surface area contributed by atoms with Crippen molar-refractivity contribution in [3.63, 3.8) is 0 Å². The van der Waals surface area contributed by atoms with Gasteiger partial charge in [0.1, 0.15) is 11.7 Å². The topological polar surface area (TPSA) is 64.7 Å². The molecule has 2 heterocycles. The van der Waals surface area contributed by atoms with Crippen LogP contribution >= 0.6 is 0 Å². The van der Waals surface area contributed by atoms with E-state index in [0.717, 1.165) is 6.54 Å². The Hall–Kier alpha value is -1.69. The van der Waals surface area contributed by atoms with Gasteiger partial charge in [0.25, 0.3) is 5.56 Å². The van der Waals surface area contributed by atoms with Crippen LogP contribution in [0, 0.1) is 0 Å². The first-order valence-electron chi connectivity index (χ1n) is 5.86. The summed E-state index contributed by atoms with van der Waals surface area (Å²) < 4.78 is 3.25. The normalized spacial score (nSPS) is 15.6. The van der Waals surface area contributed by atoms with Gasteiger partial charge in [0.2, 0.25) is 0 Å². The quantitative estimate of drug-likeness (QED) is 0.799. The SMILES string of the molecule is Cn1ncc2c(=O)n(CCNC3CC3)cnc21. The van der Waals surface area contributed by atoms with Gasteiger partial charge in [0.15, 0.2) is 5.65 Å². The molecular weight excluding hydrogens is 218 g/mol. The minimum absolute atomic E-state index is 0.0132. The molecule has 0 radical (unpaired) electrons. The minimum Gasteiger partial charge on any atom is -0.312 e. The highest BCUT2D eigenvalue weighted by molar-refractivity contribution is 5.72. The van der Waals surface area contributed by atoms with E-state index in [0.29, 0.717) is 23.6 Å². The van der Waals surface area contributed by atoms with Crippen LogP contribution in [-0.2, 0) is 13.6 Å². The Morgan fingerprint density at radius 2 is 2.35 bits per heavy atom. The maximum atomic E-state index is 12.1. The second kappa shape index (κ2) is 3.96. The molecule has 17 heavy (non-hydrogen) atoms. The lowest BCUT2D eigenvalue weighted by Gasteiger charge is -2.05. The van der Waals surface area contributed by atoms with Gasteiger partial charge in [-0.3, -0.25) is 14.0 Å². The molecule has 1 N–H and O–H groups in total. The number of hydrogen-bond acceptors (Lipinski definition) is 4. The van der Waals surface area contributed by atoms with E-state index in [9.17, 15) is 4.79 Å². The van der Waals surface area contributed by atoms with Crippen molar-refractivity contribution in [2.75, 3.05) is 6.54 Å². The largest absolute Gasteiger partial charge is 0.312 e. The van der Waals surface area contributed by atoms with Crippen LogP contribution < -0.4 is 10.9 Å². The molecule has 0 aliphatic heterocycles. The molecule has 2 aromatic rings. The van der Waals surface area contributed by atoms with Crippen LogP contribution in [0.4, 0.5) is 0 Å². The molecule has 0 saturated heterocycles. The van der Waals surface area contributed by atoms with E-state index in [1.54, 1.807) is 28.8 Å². The van der Waals surface area contributed by atoms with Gasteiger partial charge < -0.3 is 5.32 Å². The molecule has 90 valence electrons. The summed E-state index contributed by atoms with van der Waals surface area (Å²) in [5, 5.41) is 8.00. The fourth-order valence-electron chi connectivity index (χ4n) is 1.90. The maximum absolute atomic E-state index is 12.1. The molecule has 0 spiro atoms. The molecule has 0 atom stereocenters. The number of hydrogen-bond donors (Lipinski definition) is 1. The average molecular weight is 233 g/mol. The molecule has 0 aromatic carbocycles. The van der Waals surface area contributed by atoms with E-state index in [1.807, 2.05) is 0 Å². The van der Waals surface area contributed by atoms with Crippen molar-refractivity contribution in [3.8, 4) is 0 Å².